The van der Waals surface area contributed by atoms with Gasteiger partial charge in [0.05, 0.1) is 0 Å². The van der Waals surface area contributed by atoms with Gasteiger partial charge in [-0.2, -0.15) is 13.5 Å². The molecule has 0 rings (SSSR count). The van der Waals surface area contributed by atoms with E-state index in [0.29, 0.717) is 0 Å². The second kappa shape index (κ2) is 26.7. The van der Waals surface area contributed by atoms with Gasteiger partial charge >= 0.3 is 42.9 Å². The second-order valence-electron chi connectivity index (χ2n) is 0. The monoisotopic (exact) mass is 412 g/mol. The Labute approximate surface area is 101 Å². The van der Waals surface area contributed by atoms with Crippen LogP contribution in [0.25, 0.3) is 0 Å². The molecule has 0 unspecified atom stereocenters. The topological polar surface area (TPSA) is 0 Å². The van der Waals surface area contributed by atoms with Crippen molar-refractivity contribution in [2.45, 2.75) is 0 Å². The van der Waals surface area contributed by atoms with Crippen molar-refractivity contribution in [3.63, 3.8) is 0 Å². The fraction of sp³-hybridized carbons (Fsp3) is 0. The Hall–Kier alpha value is 3.29. The van der Waals surface area contributed by atoms with Gasteiger partial charge in [0.15, 0.2) is 0 Å². The Kier molecular flexibility index (Phi) is 217. The van der Waals surface area contributed by atoms with Crippen LogP contribution < -0.4 is 0 Å². The summed E-state index contributed by atoms with van der Waals surface area (Å²) in [6, 6.07) is 0. The summed E-state index contributed by atoms with van der Waals surface area (Å²) in [6.07, 6.45) is 0. The Morgan fingerprint density at radius 2 is 1.00 bits per heavy atom. The molecule has 0 atom stereocenters. The van der Waals surface area contributed by atoms with E-state index in [0.717, 1.165) is 0 Å². The molecule has 5 heteroatoms. The molecule has 0 aliphatic heterocycles. The van der Waals surface area contributed by atoms with E-state index >= 15 is 0 Å². The minimum Gasteiger partial charge on any atom is 0 e. The maximum absolute atomic E-state index is 0. The van der Waals surface area contributed by atoms with Gasteiger partial charge in [-0.25, -0.2) is 0 Å². The van der Waals surface area contributed by atoms with Crippen LogP contribution in [0.3, 0.4) is 0 Å². The number of hydrogen-bond donors (Lipinski definition) is 0. The van der Waals surface area contributed by atoms with Gasteiger partial charge in [-0.1, -0.05) is 0 Å². The van der Waals surface area contributed by atoms with Gasteiger partial charge in [-0.3, -0.25) is 0 Å². The largest absolute Gasteiger partial charge is 0 e. The second-order valence-corrected chi connectivity index (χ2v) is 0. The molecule has 0 bridgehead atoms. The molecule has 0 N–H and O–H groups in total. The van der Waals surface area contributed by atoms with E-state index in [1.165, 1.54) is 0 Å². The van der Waals surface area contributed by atoms with Crippen LogP contribution in [0.15, 0.2) is 0 Å². The Balaban J connectivity index is 0. The van der Waals surface area contributed by atoms with Crippen molar-refractivity contribution < 1.29 is 46.8 Å². The molecule has 0 nitrogen and oxygen atoms in total. The van der Waals surface area contributed by atoms with E-state index < -0.39 is 0 Å². The van der Waals surface area contributed by atoms with E-state index in [4.69, 9.17) is 0 Å². The SMILES string of the molecule is S.[Cd].[InH3].[SeH2].[Zn]. The fourth-order valence-corrected chi connectivity index (χ4v) is 0. The van der Waals surface area contributed by atoms with Crippen molar-refractivity contribution in [2.24, 2.45) is 0 Å². The third kappa shape index (κ3) is 18.9. The predicted octanol–water partition coefficient (Wildman–Crippen LogP) is -1.99. The van der Waals surface area contributed by atoms with E-state index in [9.17, 15) is 0 Å². The van der Waals surface area contributed by atoms with Crippen molar-refractivity contribution in [1.82, 2.24) is 0 Å². The summed E-state index contributed by atoms with van der Waals surface area (Å²) in [7, 11) is 0. The van der Waals surface area contributed by atoms with Crippen molar-refractivity contribution in [3.8, 4) is 0 Å². The van der Waals surface area contributed by atoms with E-state index in [1.807, 2.05) is 0 Å². The Bertz CT molecular complexity index is 11.6. The summed E-state index contributed by atoms with van der Waals surface area (Å²) >= 11 is 0. The standard InChI is InChI=1S/Cd.In.H2S.H2Se.Zn.3H/h;;2*1H2;;;;. The van der Waals surface area contributed by atoms with Crippen LogP contribution in [0.5, 0.6) is 0 Å². The zero-order valence-electron chi connectivity index (χ0n) is 2.41. The van der Waals surface area contributed by atoms with Gasteiger partial charge in [-0.05, 0) is 0 Å². The molecular formula is H7CdInSSeZn. The van der Waals surface area contributed by atoms with Crippen molar-refractivity contribution >= 4 is 56.4 Å². The van der Waals surface area contributed by atoms with Crippen LogP contribution in [0, 0.1) is 0 Å². The van der Waals surface area contributed by atoms with Gasteiger partial charge < -0.3 is 0 Å². The zero-order valence-corrected chi connectivity index (χ0v) is 12.5. The quantitative estimate of drug-likeness (QED) is 0.406. The smallest absolute Gasteiger partial charge is 0 e. The molecule has 0 fully saturated rings. The maximum Gasteiger partial charge on any atom is 0 e. The average Bonchev–Trinajstić information content (AvgIpc) is 0. The van der Waals surface area contributed by atoms with Crippen LogP contribution >= 0.6 is 13.5 Å². The Morgan fingerprint density at radius 1 is 1.00 bits per heavy atom. The first kappa shape index (κ1) is 40.7. The van der Waals surface area contributed by atoms with Crippen LogP contribution in [0.1, 0.15) is 0 Å². The zero-order chi connectivity index (χ0) is 0. The van der Waals surface area contributed by atoms with Gasteiger partial charge in [0, 0.05) is 46.8 Å². The molecule has 0 aromatic rings. The fourth-order valence-electron chi connectivity index (χ4n) is 0. The van der Waals surface area contributed by atoms with Gasteiger partial charge in [0.2, 0.25) is 0 Å². The Morgan fingerprint density at radius 3 is 1.00 bits per heavy atom. The minimum atomic E-state index is 0. The molecule has 0 saturated heterocycles. The van der Waals surface area contributed by atoms with E-state index in [1.54, 1.807) is 0 Å². The van der Waals surface area contributed by atoms with Gasteiger partial charge in [0.25, 0.3) is 0 Å². The molecule has 0 radical (unpaired) electrons. The average molecular weight is 411 g/mol. The molecule has 0 amide bonds. The first-order chi connectivity index (χ1) is 0. The summed E-state index contributed by atoms with van der Waals surface area (Å²) in [6.45, 7) is 0. The third-order valence-electron chi connectivity index (χ3n) is 0. The molecular weight excluding hydrogens is 404 g/mol. The number of rotatable bonds is 0. The minimum absolute atomic E-state index is 0. The predicted molar refractivity (Wildman–Crippen MR) is 28.9 cm³/mol. The van der Waals surface area contributed by atoms with Crippen molar-refractivity contribution in [1.29, 1.82) is 0 Å². The van der Waals surface area contributed by atoms with Gasteiger partial charge in [0.1, 0.15) is 0 Å². The summed E-state index contributed by atoms with van der Waals surface area (Å²) in [5.41, 5.74) is 0. The summed E-state index contributed by atoms with van der Waals surface area (Å²) in [5, 5.41) is 0. The van der Waals surface area contributed by atoms with E-state index in [-0.39, 0.29) is 103 Å². The molecule has 0 heterocycles. The number of hydrogen-bond acceptors (Lipinski definition) is 0. The first-order valence-corrected chi connectivity index (χ1v) is 0. The molecule has 0 aliphatic carbocycles. The summed E-state index contributed by atoms with van der Waals surface area (Å²) in [5.74, 6) is 0. The molecule has 0 saturated carbocycles. The van der Waals surface area contributed by atoms with Crippen molar-refractivity contribution in [3.05, 3.63) is 0 Å². The molecule has 26 valence electrons. The summed E-state index contributed by atoms with van der Waals surface area (Å²) in [4.78, 5) is 0. The van der Waals surface area contributed by atoms with Gasteiger partial charge in [-0.15, -0.1) is 0 Å². The molecule has 0 aliphatic rings. The first-order valence-electron chi connectivity index (χ1n) is 0. The van der Waals surface area contributed by atoms with Crippen molar-refractivity contribution in [2.75, 3.05) is 0 Å². The molecule has 0 aromatic heterocycles. The van der Waals surface area contributed by atoms with Crippen LogP contribution in [0.4, 0.5) is 0 Å². The third-order valence-corrected chi connectivity index (χ3v) is 0. The normalized spacial score (nSPS) is 0. The molecule has 0 spiro atoms. The molecule has 0 aromatic carbocycles. The van der Waals surface area contributed by atoms with Crippen LogP contribution in [-0.4, -0.2) is 42.9 Å². The maximum atomic E-state index is 0. The van der Waals surface area contributed by atoms with Crippen LogP contribution in [0.2, 0.25) is 0 Å². The van der Waals surface area contributed by atoms with Crippen LogP contribution in [-0.2, 0) is 46.8 Å². The van der Waals surface area contributed by atoms with E-state index in [2.05, 4.69) is 0 Å². The molecule has 5 heavy (non-hydrogen) atoms. The summed E-state index contributed by atoms with van der Waals surface area (Å²) < 4.78 is 0.